The van der Waals surface area contributed by atoms with E-state index in [1.807, 2.05) is 27.0 Å². The molecule has 0 saturated heterocycles. The summed E-state index contributed by atoms with van der Waals surface area (Å²) in [5, 5.41) is 3.32. The molecule has 4 nitrogen and oxygen atoms in total. The lowest BCUT2D eigenvalue weighted by atomic mass is 10.1. The minimum Gasteiger partial charge on any atom is -0.478 e. The maximum Gasteiger partial charge on any atom is 0.216 e. The molecule has 4 heteroatoms. The Balaban J connectivity index is 2.75. The molecule has 1 rings (SSSR count). The fourth-order valence-electron chi connectivity index (χ4n) is 1.88. The van der Waals surface area contributed by atoms with Gasteiger partial charge in [-0.1, -0.05) is 13.3 Å². The van der Waals surface area contributed by atoms with Crippen molar-refractivity contribution in [3.63, 3.8) is 0 Å². The van der Waals surface area contributed by atoms with Crippen LogP contribution in [0.15, 0.2) is 6.07 Å². The van der Waals surface area contributed by atoms with Crippen LogP contribution in [-0.4, -0.2) is 29.7 Å². The number of aryl methyl sites for hydroxylation is 1. The van der Waals surface area contributed by atoms with Crippen LogP contribution < -0.4 is 10.1 Å². The molecule has 96 valence electrons. The van der Waals surface area contributed by atoms with Crippen molar-refractivity contribution >= 4 is 0 Å². The third kappa shape index (κ3) is 4.69. The Hall–Kier alpha value is -1.16. The molecule has 1 aromatic heterocycles. The molecule has 1 atom stereocenters. The first-order chi connectivity index (χ1) is 8.19. The zero-order valence-electron chi connectivity index (χ0n) is 11.3. The Bertz CT molecular complexity index is 341. The molecule has 17 heavy (non-hydrogen) atoms. The summed E-state index contributed by atoms with van der Waals surface area (Å²) >= 11 is 0. The molecule has 1 unspecified atom stereocenters. The minimum atomic E-state index is 0.476. The molecule has 0 aliphatic heterocycles. The summed E-state index contributed by atoms with van der Waals surface area (Å²) in [6.07, 6.45) is 3.26. The molecule has 0 bridgehead atoms. The van der Waals surface area contributed by atoms with Crippen molar-refractivity contribution in [2.24, 2.45) is 0 Å². The molecule has 1 heterocycles. The van der Waals surface area contributed by atoms with Crippen molar-refractivity contribution < 1.29 is 4.74 Å². The van der Waals surface area contributed by atoms with Crippen LogP contribution in [0, 0.1) is 6.92 Å². The van der Waals surface area contributed by atoms with E-state index in [0.29, 0.717) is 18.5 Å². The smallest absolute Gasteiger partial charge is 0.216 e. The first-order valence-corrected chi connectivity index (χ1v) is 6.34. The van der Waals surface area contributed by atoms with Crippen LogP contribution in [0.2, 0.25) is 0 Å². The Kier molecular flexibility index (Phi) is 5.91. The third-order valence-corrected chi connectivity index (χ3v) is 2.66. The molecule has 0 fully saturated rings. The van der Waals surface area contributed by atoms with E-state index in [1.165, 1.54) is 6.42 Å². The van der Waals surface area contributed by atoms with Crippen LogP contribution in [0.25, 0.3) is 0 Å². The van der Waals surface area contributed by atoms with Crippen molar-refractivity contribution in [1.82, 2.24) is 15.3 Å². The number of nitrogens with one attached hydrogen (secondary N) is 1. The molecule has 0 radical (unpaired) electrons. The molecule has 0 aliphatic carbocycles. The average molecular weight is 237 g/mol. The van der Waals surface area contributed by atoms with Crippen LogP contribution in [-0.2, 0) is 6.42 Å². The number of rotatable bonds is 7. The normalized spacial score (nSPS) is 12.5. The van der Waals surface area contributed by atoms with Crippen LogP contribution in [0.4, 0.5) is 0 Å². The number of aromatic nitrogens is 2. The summed E-state index contributed by atoms with van der Waals surface area (Å²) in [5.74, 6) is 1.46. The number of hydrogen-bond acceptors (Lipinski definition) is 4. The fraction of sp³-hybridized carbons (Fsp3) is 0.692. The van der Waals surface area contributed by atoms with Gasteiger partial charge in [-0.3, -0.25) is 0 Å². The maximum absolute atomic E-state index is 5.43. The van der Waals surface area contributed by atoms with Crippen LogP contribution in [0.1, 0.15) is 38.2 Å². The van der Waals surface area contributed by atoms with E-state index in [4.69, 9.17) is 4.74 Å². The van der Waals surface area contributed by atoms with Crippen molar-refractivity contribution in [1.29, 1.82) is 0 Å². The summed E-state index contributed by atoms with van der Waals surface area (Å²) in [6, 6.07) is 2.42. The second-order valence-electron chi connectivity index (χ2n) is 4.16. The van der Waals surface area contributed by atoms with E-state index in [0.717, 1.165) is 24.4 Å². The number of hydrogen-bond donors (Lipinski definition) is 1. The van der Waals surface area contributed by atoms with Gasteiger partial charge in [-0.2, -0.15) is 4.98 Å². The second kappa shape index (κ2) is 7.22. The first-order valence-electron chi connectivity index (χ1n) is 6.34. The summed E-state index contributed by atoms with van der Waals surface area (Å²) < 4.78 is 5.43. The molecule has 0 aliphatic rings. The van der Waals surface area contributed by atoms with Crippen molar-refractivity contribution in [3.05, 3.63) is 17.6 Å². The van der Waals surface area contributed by atoms with E-state index in [9.17, 15) is 0 Å². The van der Waals surface area contributed by atoms with Gasteiger partial charge in [0.05, 0.1) is 6.61 Å². The van der Waals surface area contributed by atoms with Crippen molar-refractivity contribution in [2.75, 3.05) is 13.7 Å². The van der Waals surface area contributed by atoms with Gasteiger partial charge < -0.3 is 10.1 Å². The number of nitrogens with zero attached hydrogens (tertiary/aromatic N) is 2. The molecule has 1 N–H and O–H groups in total. The highest BCUT2D eigenvalue weighted by Crippen LogP contribution is 2.12. The lowest BCUT2D eigenvalue weighted by Crippen LogP contribution is -2.27. The quantitative estimate of drug-likeness (QED) is 0.789. The predicted octanol–water partition coefficient (Wildman–Crippen LogP) is 2.11. The van der Waals surface area contributed by atoms with Gasteiger partial charge in [-0.05, 0) is 27.3 Å². The number of ether oxygens (including phenoxy) is 1. The van der Waals surface area contributed by atoms with E-state index in [1.54, 1.807) is 0 Å². The highest BCUT2D eigenvalue weighted by molar-refractivity contribution is 5.17. The monoisotopic (exact) mass is 237 g/mol. The SMILES string of the molecule is CCCC(Cc1cc(OCC)nc(C)n1)NC. The Morgan fingerprint density at radius 3 is 2.71 bits per heavy atom. The average Bonchev–Trinajstić information content (AvgIpc) is 2.28. The van der Waals surface area contributed by atoms with Gasteiger partial charge in [0, 0.05) is 24.2 Å². The van der Waals surface area contributed by atoms with Gasteiger partial charge in [0.1, 0.15) is 5.82 Å². The topological polar surface area (TPSA) is 47.0 Å². The minimum absolute atomic E-state index is 0.476. The molecule has 1 aromatic rings. The van der Waals surface area contributed by atoms with Gasteiger partial charge in [0.2, 0.25) is 5.88 Å². The summed E-state index contributed by atoms with van der Waals surface area (Å²) in [7, 11) is 2.00. The number of likely N-dealkylation sites (N-methyl/N-ethyl adjacent to an activating group) is 1. The predicted molar refractivity (Wildman–Crippen MR) is 69.4 cm³/mol. The van der Waals surface area contributed by atoms with Crippen LogP contribution in [0.5, 0.6) is 5.88 Å². The van der Waals surface area contributed by atoms with E-state index < -0.39 is 0 Å². The third-order valence-electron chi connectivity index (χ3n) is 2.66. The largest absolute Gasteiger partial charge is 0.478 e. The van der Waals surface area contributed by atoms with Gasteiger partial charge in [0.15, 0.2) is 0 Å². The van der Waals surface area contributed by atoms with E-state index in [2.05, 4.69) is 22.2 Å². The van der Waals surface area contributed by atoms with E-state index >= 15 is 0 Å². The standard InChI is InChI=1S/C13H23N3O/c1-5-7-11(14-4)8-12-9-13(17-6-2)16-10(3)15-12/h9,11,14H,5-8H2,1-4H3. The lowest BCUT2D eigenvalue weighted by molar-refractivity contribution is 0.324. The maximum atomic E-state index is 5.43. The van der Waals surface area contributed by atoms with Crippen molar-refractivity contribution in [3.8, 4) is 5.88 Å². The molecule has 0 aromatic carbocycles. The van der Waals surface area contributed by atoms with Gasteiger partial charge in [-0.15, -0.1) is 0 Å². The molecular weight excluding hydrogens is 214 g/mol. The molecule has 0 spiro atoms. The highest BCUT2D eigenvalue weighted by Gasteiger charge is 2.09. The Morgan fingerprint density at radius 2 is 2.12 bits per heavy atom. The fourth-order valence-corrected chi connectivity index (χ4v) is 1.88. The first kappa shape index (κ1) is 13.9. The summed E-state index contributed by atoms with van der Waals surface area (Å²) in [5.41, 5.74) is 1.05. The Morgan fingerprint density at radius 1 is 1.35 bits per heavy atom. The van der Waals surface area contributed by atoms with E-state index in [-0.39, 0.29) is 0 Å². The molecular formula is C13H23N3O. The molecule has 0 amide bonds. The van der Waals surface area contributed by atoms with Gasteiger partial charge >= 0.3 is 0 Å². The van der Waals surface area contributed by atoms with Gasteiger partial charge in [0.25, 0.3) is 0 Å². The van der Waals surface area contributed by atoms with Crippen LogP contribution in [0.3, 0.4) is 0 Å². The Labute approximate surface area is 104 Å². The summed E-state index contributed by atoms with van der Waals surface area (Å²) in [6.45, 7) is 6.70. The molecule has 0 saturated carbocycles. The highest BCUT2D eigenvalue weighted by atomic mass is 16.5. The van der Waals surface area contributed by atoms with Crippen LogP contribution >= 0.6 is 0 Å². The van der Waals surface area contributed by atoms with Gasteiger partial charge in [-0.25, -0.2) is 4.98 Å². The zero-order valence-corrected chi connectivity index (χ0v) is 11.3. The summed E-state index contributed by atoms with van der Waals surface area (Å²) in [4.78, 5) is 8.70. The lowest BCUT2D eigenvalue weighted by Gasteiger charge is -2.15. The van der Waals surface area contributed by atoms with Crippen molar-refractivity contribution in [2.45, 2.75) is 46.1 Å². The zero-order chi connectivity index (χ0) is 12.7. The second-order valence-corrected chi connectivity index (χ2v) is 4.16.